The highest BCUT2D eigenvalue weighted by Crippen LogP contribution is 2.24. The van der Waals surface area contributed by atoms with Gasteiger partial charge >= 0.3 is 0 Å². The predicted molar refractivity (Wildman–Crippen MR) is 82.4 cm³/mol. The van der Waals surface area contributed by atoms with Gasteiger partial charge in [0.2, 0.25) is 5.91 Å². The van der Waals surface area contributed by atoms with E-state index < -0.39 is 0 Å². The van der Waals surface area contributed by atoms with E-state index in [0.29, 0.717) is 23.8 Å². The lowest BCUT2D eigenvalue weighted by Crippen LogP contribution is -2.38. The van der Waals surface area contributed by atoms with E-state index in [0.717, 1.165) is 58.3 Å². The summed E-state index contributed by atoms with van der Waals surface area (Å²) >= 11 is 0. The summed E-state index contributed by atoms with van der Waals surface area (Å²) in [4.78, 5) is 28.2. The molecule has 3 rings (SSSR count). The van der Waals surface area contributed by atoms with E-state index in [1.54, 1.807) is 6.07 Å². The Labute approximate surface area is 131 Å². The van der Waals surface area contributed by atoms with E-state index in [-0.39, 0.29) is 5.91 Å². The third-order valence-electron chi connectivity index (χ3n) is 4.90. The van der Waals surface area contributed by atoms with E-state index in [9.17, 15) is 9.59 Å². The molecule has 0 aromatic carbocycles. The van der Waals surface area contributed by atoms with Crippen molar-refractivity contribution in [3.63, 3.8) is 0 Å². The zero-order chi connectivity index (χ0) is 15.4. The van der Waals surface area contributed by atoms with Crippen LogP contribution in [0.5, 0.6) is 0 Å². The molecule has 5 nitrogen and oxygen atoms in total. The van der Waals surface area contributed by atoms with Gasteiger partial charge in [-0.1, -0.05) is 0 Å². The number of carbonyl (C=O) groups excluding carboxylic acids is 2. The molecular formula is C17H24N2O3. The monoisotopic (exact) mass is 304 g/mol. The summed E-state index contributed by atoms with van der Waals surface area (Å²) in [5.41, 5.74) is 0.627. The van der Waals surface area contributed by atoms with E-state index in [4.69, 9.17) is 4.42 Å². The average Bonchev–Trinajstić information content (AvgIpc) is 3.25. The minimum absolute atomic E-state index is 0.0559. The van der Waals surface area contributed by atoms with Gasteiger partial charge in [0.05, 0.1) is 11.8 Å². The summed E-state index contributed by atoms with van der Waals surface area (Å²) in [5, 5.41) is 0. The van der Waals surface area contributed by atoms with E-state index >= 15 is 0 Å². The van der Waals surface area contributed by atoms with E-state index in [1.807, 2.05) is 9.80 Å². The lowest BCUT2D eigenvalue weighted by Gasteiger charge is -2.32. The second kappa shape index (κ2) is 6.99. The maximum Gasteiger partial charge on any atom is 0.257 e. The average molecular weight is 304 g/mol. The molecular weight excluding hydrogens is 280 g/mol. The Morgan fingerprint density at radius 3 is 2.45 bits per heavy atom. The summed E-state index contributed by atoms with van der Waals surface area (Å²) in [6.45, 7) is 3.45. The number of hydrogen-bond acceptors (Lipinski definition) is 3. The first-order valence-corrected chi connectivity index (χ1v) is 8.33. The van der Waals surface area contributed by atoms with Crippen molar-refractivity contribution in [2.45, 2.75) is 38.5 Å². The van der Waals surface area contributed by atoms with E-state index in [2.05, 4.69) is 0 Å². The van der Waals surface area contributed by atoms with Crippen molar-refractivity contribution in [1.29, 1.82) is 0 Å². The largest absolute Gasteiger partial charge is 0.472 e. The van der Waals surface area contributed by atoms with Crippen molar-refractivity contribution >= 4 is 11.8 Å². The van der Waals surface area contributed by atoms with Crippen molar-refractivity contribution in [3.05, 3.63) is 24.2 Å². The highest BCUT2D eigenvalue weighted by molar-refractivity contribution is 5.93. The fourth-order valence-electron chi connectivity index (χ4n) is 3.45. The molecule has 0 spiro atoms. The molecule has 0 radical (unpaired) electrons. The predicted octanol–water partition coefficient (Wildman–Crippen LogP) is 2.53. The molecule has 22 heavy (non-hydrogen) atoms. The molecule has 1 aromatic rings. The Morgan fingerprint density at radius 1 is 1.09 bits per heavy atom. The molecule has 2 saturated heterocycles. The summed E-state index contributed by atoms with van der Waals surface area (Å²) in [6.07, 6.45) is 8.96. The Kier molecular flexibility index (Phi) is 4.80. The van der Waals surface area contributed by atoms with Crippen LogP contribution in [0, 0.1) is 5.92 Å². The Balaban J connectivity index is 1.40. The molecule has 1 aromatic heterocycles. The summed E-state index contributed by atoms with van der Waals surface area (Å²) < 4.78 is 4.97. The maximum absolute atomic E-state index is 12.2. The fraction of sp³-hybridized carbons (Fsp3) is 0.647. The van der Waals surface area contributed by atoms with Crippen LogP contribution in [0.1, 0.15) is 48.9 Å². The second-order valence-corrected chi connectivity index (χ2v) is 6.37. The Bertz CT molecular complexity index is 498. The van der Waals surface area contributed by atoms with Crippen LogP contribution in [-0.4, -0.2) is 47.8 Å². The molecule has 0 unspecified atom stereocenters. The standard InChI is InChI=1S/C17H24N2O3/c20-16(18-8-1-2-9-18)4-3-14-5-10-19(11-6-14)17(21)15-7-12-22-13-15/h7,12-14H,1-6,8-11H2. The van der Waals surface area contributed by atoms with Crippen molar-refractivity contribution in [2.24, 2.45) is 5.92 Å². The topological polar surface area (TPSA) is 53.8 Å². The van der Waals surface area contributed by atoms with Gasteiger partial charge in [-0.3, -0.25) is 9.59 Å². The first-order valence-electron chi connectivity index (χ1n) is 8.33. The SMILES string of the molecule is O=C(CCC1CCN(C(=O)c2ccoc2)CC1)N1CCCC1. The number of carbonyl (C=O) groups is 2. The number of piperidine rings is 1. The first kappa shape index (κ1) is 15.1. The van der Waals surface area contributed by atoms with Crippen molar-refractivity contribution in [1.82, 2.24) is 9.80 Å². The van der Waals surface area contributed by atoms with Gasteiger partial charge in [0.1, 0.15) is 6.26 Å². The molecule has 5 heteroatoms. The normalized spacial score (nSPS) is 19.6. The minimum atomic E-state index is 0.0559. The van der Waals surface area contributed by atoms with Gasteiger partial charge in [-0.05, 0) is 44.1 Å². The second-order valence-electron chi connectivity index (χ2n) is 6.37. The summed E-state index contributed by atoms with van der Waals surface area (Å²) in [5.74, 6) is 0.940. The first-order chi connectivity index (χ1) is 10.7. The molecule has 2 aliphatic heterocycles. The lowest BCUT2D eigenvalue weighted by molar-refractivity contribution is -0.130. The number of furan rings is 1. The molecule has 120 valence electrons. The molecule has 0 bridgehead atoms. The quantitative estimate of drug-likeness (QED) is 0.859. The molecule has 3 heterocycles. The molecule has 0 N–H and O–H groups in total. The number of nitrogens with zero attached hydrogens (tertiary/aromatic N) is 2. The minimum Gasteiger partial charge on any atom is -0.472 e. The van der Waals surface area contributed by atoms with Crippen LogP contribution < -0.4 is 0 Å². The lowest BCUT2D eigenvalue weighted by atomic mass is 9.91. The van der Waals surface area contributed by atoms with Crippen molar-refractivity contribution in [2.75, 3.05) is 26.2 Å². The smallest absolute Gasteiger partial charge is 0.257 e. The van der Waals surface area contributed by atoms with Gasteiger partial charge in [-0.15, -0.1) is 0 Å². The summed E-state index contributed by atoms with van der Waals surface area (Å²) in [7, 11) is 0. The van der Waals surface area contributed by atoms with Gasteiger partial charge in [0.15, 0.2) is 0 Å². The number of amides is 2. The van der Waals surface area contributed by atoms with Gasteiger partial charge in [-0.2, -0.15) is 0 Å². The van der Waals surface area contributed by atoms with Crippen LogP contribution >= 0.6 is 0 Å². The van der Waals surface area contributed by atoms with Gasteiger partial charge in [0.25, 0.3) is 5.91 Å². The zero-order valence-electron chi connectivity index (χ0n) is 13.0. The highest BCUT2D eigenvalue weighted by Gasteiger charge is 2.25. The van der Waals surface area contributed by atoms with Crippen molar-refractivity contribution < 1.29 is 14.0 Å². The summed E-state index contributed by atoms with van der Waals surface area (Å²) in [6, 6.07) is 1.71. The number of likely N-dealkylation sites (tertiary alicyclic amines) is 2. The number of hydrogen-bond donors (Lipinski definition) is 0. The Morgan fingerprint density at radius 2 is 1.82 bits per heavy atom. The fourth-order valence-corrected chi connectivity index (χ4v) is 3.45. The third kappa shape index (κ3) is 3.51. The van der Waals surface area contributed by atoms with Gasteiger partial charge < -0.3 is 14.2 Å². The zero-order valence-corrected chi connectivity index (χ0v) is 13.0. The molecule has 0 atom stereocenters. The highest BCUT2D eigenvalue weighted by atomic mass is 16.3. The van der Waals surface area contributed by atoms with Gasteiger partial charge in [-0.25, -0.2) is 0 Å². The molecule has 2 fully saturated rings. The van der Waals surface area contributed by atoms with Gasteiger partial charge in [0, 0.05) is 32.6 Å². The number of rotatable bonds is 4. The van der Waals surface area contributed by atoms with Crippen LogP contribution in [0.3, 0.4) is 0 Å². The van der Waals surface area contributed by atoms with E-state index in [1.165, 1.54) is 12.5 Å². The van der Waals surface area contributed by atoms with Crippen molar-refractivity contribution in [3.8, 4) is 0 Å². The van der Waals surface area contributed by atoms with Crippen LogP contribution in [0.4, 0.5) is 0 Å². The molecule has 0 saturated carbocycles. The Hall–Kier alpha value is -1.78. The third-order valence-corrected chi connectivity index (χ3v) is 4.90. The van der Waals surface area contributed by atoms with Crippen LogP contribution in [-0.2, 0) is 4.79 Å². The molecule has 2 amide bonds. The van der Waals surface area contributed by atoms with Crippen LogP contribution in [0.25, 0.3) is 0 Å². The maximum atomic E-state index is 12.2. The molecule has 2 aliphatic rings. The van der Waals surface area contributed by atoms with Crippen LogP contribution in [0.2, 0.25) is 0 Å². The van der Waals surface area contributed by atoms with Crippen LogP contribution in [0.15, 0.2) is 23.0 Å². The molecule has 0 aliphatic carbocycles.